The number of hydrogen-bond acceptors (Lipinski definition) is 4. The molecule has 0 radical (unpaired) electrons. The number of carboxylic acid groups (broad SMARTS) is 1. The van der Waals surface area contributed by atoms with Crippen LogP contribution in [0.25, 0.3) is 10.9 Å². The lowest BCUT2D eigenvalue weighted by atomic mass is 10.0. The molecule has 1 amide bonds. The summed E-state index contributed by atoms with van der Waals surface area (Å²) in [7, 11) is 0. The summed E-state index contributed by atoms with van der Waals surface area (Å²) in [6.45, 7) is 2.69. The molecule has 1 aliphatic carbocycles. The summed E-state index contributed by atoms with van der Waals surface area (Å²) in [5.41, 5.74) is 3.46. The van der Waals surface area contributed by atoms with Gasteiger partial charge in [0, 0.05) is 23.5 Å². The second kappa shape index (κ2) is 6.11. The number of benzene rings is 1. The molecular formula is C19H20N2O4. The molecule has 130 valence electrons. The van der Waals surface area contributed by atoms with Crippen LogP contribution in [0.1, 0.15) is 40.4 Å². The second-order valence-electron chi connectivity index (χ2n) is 6.84. The van der Waals surface area contributed by atoms with E-state index in [1.807, 2.05) is 31.2 Å². The van der Waals surface area contributed by atoms with Crippen molar-refractivity contribution in [3.05, 3.63) is 41.1 Å². The van der Waals surface area contributed by atoms with Crippen molar-refractivity contribution in [3.8, 4) is 0 Å². The summed E-state index contributed by atoms with van der Waals surface area (Å²) >= 11 is 0. The van der Waals surface area contributed by atoms with Crippen LogP contribution in [-0.4, -0.2) is 52.7 Å². The first-order valence-electron chi connectivity index (χ1n) is 8.58. The molecule has 2 fully saturated rings. The summed E-state index contributed by atoms with van der Waals surface area (Å²) in [6, 6.07) is 7.82. The van der Waals surface area contributed by atoms with E-state index in [-0.39, 0.29) is 19.1 Å². The third-order valence-corrected chi connectivity index (χ3v) is 4.84. The molecule has 0 bridgehead atoms. The number of amides is 1. The molecule has 1 aliphatic heterocycles. The number of fused-ring (bicyclic) bond motifs is 1. The quantitative estimate of drug-likeness (QED) is 0.928. The van der Waals surface area contributed by atoms with Gasteiger partial charge in [-0.2, -0.15) is 0 Å². The predicted molar refractivity (Wildman–Crippen MR) is 91.7 cm³/mol. The molecule has 2 aliphatic rings. The van der Waals surface area contributed by atoms with Crippen molar-refractivity contribution in [2.45, 2.75) is 31.8 Å². The number of morpholine rings is 1. The van der Waals surface area contributed by atoms with E-state index in [9.17, 15) is 9.59 Å². The molecule has 2 aromatic rings. The molecule has 1 N–H and O–H groups in total. The Morgan fingerprint density at radius 3 is 2.80 bits per heavy atom. The second-order valence-corrected chi connectivity index (χ2v) is 6.84. The van der Waals surface area contributed by atoms with Gasteiger partial charge in [-0.3, -0.25) is 9.78 Å². The van der Waals surface area contributed by atoms with Gasteiger partial charge < -0.3 is 14.7 Å². The van der Waals surface area contributed by atoms with Gasteiger partial charge in [0.15, 0.2) is 6.10 Å². The Morgan fingerprint density at radius 2 is 2.08 bits per heavy atom. The van der Waals surface area contributed by atoms with Crippen LogP contribution in [0.2, 0.25) is 0 Å². The van der Waals surface area contributed by atoms with Crippen molar-refractivity contribution in [1.29, 1.82) is 0 Å². The fraction of sp³-hybridized carbons (Fsp3) is 0.421. The number of aromatic nitrogens is 1. The maximum Gasteiger partial charge on any atom is 0.334 e. The number of nitrogens with zero attached hydrogens (tertiary/aromatic N) is 2. The van der Waals surface area contributed by atoms with E-state index in [1.165, 1.54) is 0 Å². The largest absolute Gasteiger partial charge is 0.479 e. The molecule has 1 atom stereocenters. The lowest BCUT2D eigenvalue weighted by molar-refractivity contribution is -0.154. The normalized spacial score (nSPS) is 20.7. The highest BCUT2D eigenvalue weighted by atomic mass is 16.5. The number of carboxylic acids is 1. The van der Waals surface area contributed by atoms with Gasteiger partial charge in [0.05, 0.1) is 24.2 Å². The molecule has 2 heterocycles. The Kier molecular flexibility index (Phi) is 3.92. The molecule has 6 heteroatoms. The lowest BCUT2D eigenvalue weighted by Gasteiger charge is -2.31. The summed E-state index contributed by atoms with van der Waals surface area (Å²) in [6.07, 6.45) is 1.25. The van der Waals surface area contributed by atoms with Gasteiger partial charge in [0.1, 0.15) is 0 Å². The number of hydrogen-bond donors (Lipinski definition) is 1. The first kappa shape index (κ1) is 16.0. The summed E-state index contributed by atoms with van der Waals surface area (Å²) in [5.74, 6) is -0.741. The Balaban J connectivity index is 1.75. The van der Waals surface area contributed by atoms with Crippen LogP contribution >= 0.6 is 0 Å². The van der Waals surface area contributed by atoms with E-state index in [4.69, 9.17) is 14.8 Å². The standard InChI is InChI=1S/C19H20N2O4/c1-11-2-5-15-13(8-11)14(9-16(20-15)12-3-4-12)18(22)21-6-7-25-17(10-21)19(23)24/h2,5,8-9,12,17H,3-4,6-7,10H2,1H3,(H,23,24)/t17-/m0/s1. The Morgan fingerprint density at radius 1 is 1.28 bits per heavy atom. The third-order valence-electron chi connectivity index (χ3n) is 4.84. The van der Waals surface area contributed by atoms with Gasteiger partial charge in [0.2, 0.25) is 0 Å². The van der Waals surface area contributed by atoms with Crippen LogP contribution in [0, 0.1) is 6.92 Å². The number of rotatable bonds is 3. The number of aliphatic carboxylic acids is 1. The smallest absolute Gasteiger partial charge is 0.334 e. The highest BCUT2D eigenvalue weighted by Gasteiger charge is 2.32. The zero-order chi connectivity index (χ0) is 17.6. The minimum Gasteiger partial charge on any atom is -0.479 e. The first-order valence-corrected chi connectivity index (χ1v) is 8.58. The zero-order valence-corrected chi connectivity index (χ0v) is 14.1. The predicted octanol–water partition coefficient (Wildman–Crippen LogP) is 2.35. The summed E-state index contributed by atoms with van der Waals surface area (Å²) in [4.78, 5) is 30.6. The maximum absolute atomic E-state index is 13.1. The van der Waals surface area contributed by atoms with Crippen molar-refractivity contribution in [2.75, 3.05) is 19.7 Å². The maximum atomic E-state index is 13.1. The number of aryl methyl sites for hydroxylation is 1. The summed E-state index contributed by atoms with van der Waals surface area (Å²) in [5, 5.41) is 10.00. The molecule has 1 saturated heterocycles. The van der Waals surface area contributed by atoms with Gasteiger partial charge in [-0.15, -0.1) is 0 Å². The minimum atomic E-state index is -1.04. The van der Waals surface area contributed by atoms with E-state index in [2.05, 4.69) is 0 Å². The molecule has 1 saturated carbocycles. The van der Waals surface area contributed by atoms with Gasteiger partial charge in [0.25, 0.3) is 5.91 Å². The Bertz CT molecular complexity index is 860. The molecule has 6 nitrogen and oxygen atoms in total. The topological polar surface area (TPSA) is 79.7 Å². The van der Waals surface area contributed by atoms with Gasteiger partial charge in [-0.25, -0.2) is 4.79 Å². The highest BCUT2D eigenvalue weighted by molar-refractivity contribution is 6.06. The van der Waals surface area contributed by atoms with Crippen LogP contribution in [-0.2, 0) is 9.53 Å². The fourth-order valence-electron chi connectivity index (χ4n) is 3.28. The molecule has 1 aromatic carbocycles. The molecular weight excluding hydrogens is 320 g/mol. The SMILES string of the molecule is Cc1ccc2nc(C3CC3)cc(C(=O)N3CCO[C@H](C(=O)O)C3)c2c1. The molecule has 0 unspecified atom stereocenters. The number of ether oxygens (including phenoxy) is 1. The van der Waals surface area contributed by atoms with E-state index >= 15 is 0 Å². The number of carbonyl (C=O) groups excluding carboxylic acids is 1. The van der Waals surface area contributed by atoms with Crippen LogP contribution in [0.5, 0.6) is 0 Å². The lowest BCUT2D eigenvalue weighted by Crippen LogP contribution is -2.48. The number of pyridine rings is 1. The van der Waals surface area contributed by atoms with Crippen molar-refractivity contribution in [1.82, 2.24) is 9.88 Å². The molecule has 1 aromatic heterocycles. The van der Waals surface area contributed by atoms with E-state index in [1.54, 1.807) is 4.90 Å². The van der Waals surface area contributed by atoms with Crippen molar-refractivity contribution in [2.24, 2.45) is 0 Å². The number of carbonyl (C=O) groups is 2. The Hall–Kier alpha value is -2.47. The van der Waals surface area contributed by atoms with E-state index in [0.717, 1.165) is 35.0 Å². The first-order chi connectivity index (χ1) is 12.0. The van der Waals surface area contributed by atoms with E-state index in [0.29, 0.717) is 18.0 Å². The molecule has 4 rings (SSSR count). The fourth-order valence-corrected chi connectivity index (χ4v) is 3.28. The van der Waals surface area contributed by atoms with Gasteiger partial charge in [-0.1, -0.05) is 11.6 Å². The van der Waals surface area contributed by atoms with Gasteiger partial charge in [-0.05, 0) is 38.0 Å². The minimum absolute atomic E-state index is 0.0720. The van der Waals surface area contributed by atoms with Crippen LogP contribution in [0.4, 0.5) is 0 Å². The van der Waals surface area contributed by atoms with Crippen molar-refractivity contribution >= 4 is 22.8 Å². The highest BCUT2D eigenvalue weighted by Crippen LogP contribution is 2.40. The average molecular weight is 340 g/mol. The Labute approximate surface area is 145 Å². The van der Waals surface area contributed by atoms with Crippen LogP contribution in [0.15, 0.2) is 24.3 Å². The summed E-state index contributed by atoms with van der Waals surface area (Å²) < 4.78 is 5.23. The van der Waals surface area contributed by atoms with Crippen LogP contribution in [0.3, 0.4) is 0 Å². The van der Waals surface area contributed by atoms with Gasteiger partial charge >= 0.3 is 5.97 Å². The average Bonchev–Trinajstić information content (AvgIpc) is 3.45. The molecule has 25 heavy (non-hydrogen) atoms. The zero-order valence-electron chi connectivity index (χ0n) is 14.1. The van der Waals surface area contributed by atoms with Crippen molar-refractivity contribution in [3.63, 3.8) is 0 Å². The van der Waals surface area contributed by atoms with E-state index < -0.39 is 12.1 Å². The third kappa shape index (κ3) is 3.09. The molecule has 0 spiro atoms. The van der Waals surface area contributed by atoms with Crippen LogP contribution < -0.4 is 0 Å². The monoisotopic (exact) mass is 340 g/mol. The van der Waals surface area contributed by atoms with Crippen molar-refractivity contribution < 1.29 is 19.4 Å².